The van der Waals surface area contributed by atoms with E-state index in [9.17, 15) is 35.9 Å². The normalized spacial score (nSPS) is 12.7. The Morgan fingerprint density at radius 2 is 0.840 bits per heavy atom. The fourth-order valence-corrected chi connectivity index (χ4v) is 2.61. The summed E-state index contributed by atoms with van der Waals surface area (Å²) in [6, 6.07) is 6.03. The first-order valence-electron chi connectivity index (χ1n) is 6.83. The zero-order chi connectivity index (χ0) is 18.9. The largest absolute Gasteiger partial charge is 0.411 e. The van der Waals surface area contributed by atoms with Crippen molar-refractivity contribution in [2.75, 3.05) is 0 Å². The van der Waals surface area contributed by atoms with Crippen LogP contribution in [0.1, 0.15) is 31.8 Å². The van der Waals surface area contributed by atoms with Gasteiger partial charge in [0.25, 0.3) is 0 Å². The monoisotopic (exact) mass is 360 g/mol. The Labute approximate surface area is 138 Å². The van der Waals surface area contributed by atoms with Gasteiger partial charge in [0.2, 0.25) is 5.41 Å². The molecule has 8 heteroatoms. The van der Waals surface area contributed by atoms with Gasteiger partial charge in [-0.05, 0) is 11.1 Å². The number of carbonyl (C=O) groups is 2. The molecule has 0 saturated heterocycles. The lowest BCUT2D eigenvalue weighted by Crippen LogP contribution is -2.54. The molecular formula is C17H10F6O2. The first kappa shape index (κ1) is 18.7. The minimum absolute atomic E-state index is 0.0571. The van der Waals surface area contributed by atoms with Crippen molar-refractivity contribution in [1.29, 1.82) is 0 Å². The predicted octanol–water partition coefficient (Wildman–Crippen LogP) is 4.72. The van der Waals surface area contributed by atoms with Crippen LogP contribution in [-0.2, 0) is 5.41 Å². The summed E-state index contributed by atoms with van der Waals surface area (Å²) < 4.78 is 82.5. The summed E-state index contributed by atoms with van der Waals surface area (Å²) in [6.45, 7) is 0. The maximum absolute atomic E-state index is 13.7. The smallest absolute Gasteiger partial charge is 0.298 e. The average Bonchev–Trinajstić information content (AvgIpc) is 2.54. The van der Waals surface area contributed by atoms with E-state index in [1.54, 1.807) is 0 Å². The zero-order valence-electron chi connectivity index (χ0n) is 12.4. The number of halogens is 6. The number of alkyl halides is 6. The van der Waals surface area contributed by atoms with Gasteiger partial charge in [0.05, 0.1) is 0 Å². The molecule has 2 nitrogen and oxygen atoms in total. The molecule has 0 aliphatic heterocycles. The van der Waals surface area contributed by atoms with E-state index in [1.807, 2.05) is 0 Å². The minimum Gasteiger partial charge on any atom is -0.298 e. The van der Waals surface area contributed by atoms with Crippen LogP contribution in [0.3, 0.4) is 0 Å². The molecule has 0 fully saturated rings. The van der Waals surface area contributed by atoms with Crippen LogP contribution in [0.15, 0.2) is 48.5 Å². The fourth-order valence-electron chi connectivity index (χ4n) is 2.61. The molecule has 0 heterocycles. The van der Waals surface area contributed by atoms with Crippen molar-refractivity contribution in [1.82, 2.24) is 0 Å². The molecule has 0 amide bonds. The minimum atomic E-state index is -5.71. The van der Waals surface area contributed by atoms with Crippen LogP contribution in [0, 0.1) is 0 Å². The summed E-state index contributed by atoms with van der Waals surface area (Å²) in [6.07, 6.45) is -10.8. The van der Waals surface area contributed by atoms with E-state index >= 15 is 0 Å². The molecule has 0 spiro atoms. The highest BCUT2D eigenvalue weighted by atomic mass is 19.4. The van der Waals surface area contributed by atoms with E-state index in [1.165, 1.54) is 0 Å². The third kappa shape index (κ3) is 3.04. The van der Waals surface area contributed by atoms with Crippen molar-refractivity contribution in [3.8, 4) is 0 Å². The first-order valence-corrected chi connectivity index (χ1v) is 6.83. The van der Waals surface area contributed by atoms with Crippen LogP contribution in [0.4, 0.5) is 26.3 Å². The Morgan fingerprint density at radius 1 is 0.560 bits per heavy atom. The Morgan fingerprint density at radius 3 is 1.04 bits per heavy atom. The maximum atomic E-state index is 13.7. The van der Waals surface area contributed by atoms with Gasteiger partial charge < -0.3 is 0 Å². The summed E-state index contributed by atoms with van der Waals surface area (Å²) >= 11 is 0. The molecule has 0 saturated carbocycles. The third-order valence-corrected chi connectivity index (χ3v) is 3.81. The van der Waals surface area contributed by atoms with Crippen molar-refractivity contribution in [2.45, 2.75) is 17.8 Å². The van der Waals surface area contributed by atoms with Crippen LogP contribution in [-0.4, -0.2) is 24.9 Å². The van der Waals surface area contributed by atoms with Gasteiger partial charge in [-0.25, -0.2) is 0 Å². The SMILES string of the molecule is O=Cc1ccc(C(c2ccc(C=O)cc2)(C(F)(F)F)C(F)(F)F)cc1. The van der Waals surface area contributed by atoms with E-state index in [-0.39, 0.29) is 11.1 Å². The van der Waals surface area contributed by atoms with E-state index in [2.05, 4.69) is 0 Å². The zero-order valence-corrected chi connectivity index (χ0v) is 12.4. The van der Waals surface area contributed by atoms with Gasteiger partial charge in [0, 0.05) is 11.1 Å². The number of carbonyl (C=O) groups excluding carboxylic acids is 2. The van der Waals surface area contributed by atoms with Gasteiger partial charge in [-0.15, -0.1) is 0 Å². The van der Waals surface area contributed by atoms with Crippen LogP contribution >= 0.6 is 0 Å². The van der Waals surface area contributed by atoms with E-state index in [4.69, 9.17) is 0 Å². The maximum Gasteiger partial charge on any atom is 0.411 e. The highest BCUT2D eigenvalue weighted by Gasteiger charge is 2.72. The number of hydrogen-bond donors (Lipinski definition) is 0. The van der Waals surface area contributed by atoms with Crippen LogP contribution in [0.2, 0.25) is 0 Å². The third-order valence-electron chi connectivity index (χ3n) is 3.81. The van der Waals surface area contributed by atoms with Crippen molar-refractivity contribution < 1.29 is 35.9 Å². The summed E-state index contributed by atoms with van der Waals surface area (Å²) in [5, 5.41) is 0. The number of rotatable bonds is 4. The van der Waals surface area contributed by atoms with E-state index in [0.29, 0.717) is 36.8 Å². The lowest BCUT2D eigenvalue weighted by atomic mass is 9.72. The topological polar surface area (TPSA) is 34.1 Å². The number of aldehydes is 2. The van der Waals surface area contributed by atoms with E-state index in [0.717, 1.165) is 24.3 Å². The molecule has 0 aliphatic rings. The van der Waals surface area contributed by atoms with Crippen LogP contribution < -0.4 is 0 Å². The molecule has 0 unspecified atom stereocenters. The Balaban J connectivity index is 2.84. The van der Waals surface area contributed by atoms with Gasteiger partial charge in [-0.3, -0.25) is 9.59 Å². The Kier molecular flexibility index (Phi) is 4.74. The molecule has 0 aromatic heterocycles. The van der Waals surface area contributed by atoms with Gasteiger partial charge in [0.15, 0.2) is 0 Å². The van der Waals surface area contributed by atoms with E-state index < -0.39 is 28.9 Å². The standard InChI is InChI=1S/C17H10F6O2/c18-16(19,20)15(17(21,22)23,13-5-1-11(9-24)2-6-13)14-7-3-12(10-25)4-8-14/h1-10H. The molecule has 132 valence electrons. The highest BCUT2D eigenvalue weighted by molar-refractivity contribution is 5.75. The first-order chi connectivity index (χ1) is 11.6. The molecule has 25 heavy (non-hydrogen) atoms. The van der Waals surface area contributed by atoms with Crippen LogP contribution in [0.25, 0.3) is 0 Å². The van der Waals surface area contributed by atoms with Crippen molar-refractivity contribution in [3.05, 3.63) is 70.8 Å². The average molecular weight is 360 g/mol. The van der Waals surface area contributed by atoms with Crippen molar-refractivity contribution >= 4 is 12.6 Å². The van der Waals surface area contributed by atoms with Crippen molar-refractivity contribution in [2.24, 2.45) is 0 Å². The van der Waals surface area contributed by atoms with Gasteiger partial charge in [-0.1, -0.05) is 48.5 Å². The molecule has 0 bridgehead atoms. The lowest BCUT2D eigenvalue weighted by molar-refractivity contribution is -0.288. The lowest BCUT2D eigenvalue weighted by Gasteiger charge is -2.38. The molecular weight excluding hydrogens is 350 g/mol. The molecule has 0 N–H and O–H groups in total. The summed E-state index contributed by atoms with van der Waals surface area (Å²) in [5.74, 6) is 0. The van der Waals surface area contributed by atoms with Crippen LogP contribution in [0.5, 0.6) is 0 Å². The number of benzene rings is 2. The molecule has 2 rings (SSSR count). The summed E-state index contributed by atoms with van der Waals surface area (Å²) in [5.41, 5.74) is -6.55. The van der Waals surface area contributed by atoms with Gasteiger partial charge >= 0.3 is 12.4 Å². The predicted molar refractivity (Wildman–Crippen MR) is 76.5 cm³/mol. The second kappa shape index (κ2) is 6.34. The molecule has 0 radical (unpaired) electrons. The molecule has 0 aliphatic carbocycles. The Hall–Kier alpha value is -2.64. The molecule has 2 aromatic rings. The molecule has 2 aromatic carbocycles. The summed E-state index contributed by atoms with van der Waals surface area (Å²) in [4.78, 5) is 21.2. The van der Waals surface area contributed by atoms with Gasteiger partial charge in [-0.2, -0.15) is 26.3 Å². The van der Waals surface area contributed by atoms with Crippen molar-refractivity contribution in [3.63, 3.8) is 0 Å². The summed E-state index contributed by atoms with van der Waals surface area (Å²) in [7, 11) is 0. The second-order valence-corrected chi connectivity index (χ2v) is 5.23. The van der Waals surface area contributed by atoms with Gasteiger partial charge in [0.1, 0.15) is 12.6 Å². The quantitative estimate of drug-likeness (QED) is 0.584. The highest BCUT2D eigenvalue weighted by Crippen LogP contribution is 2.56. The molecule has 0 atom stereocenters. The fraction of sp³-hybridized carbons (Fsp3) is 0.176. The Bertz CT molecular complexity index is 690. The number of hydrogen-bond acceptors (Lipinski definition) is 2. The second-order valence-electron chi connectivity index (χ2n) is 5.23.